The molecule has 0 unspecified atom stereocenters. The van der Waals surface area contributed by atoms with Gasteiger partial charge in [0.25, 0.3) is 0 Å². The molecule has 0 aliphatic heterocycles. The first-order chi connectivity index (χ1) is 9.39. The minimum atomic E-state index is -4.74. The number of nitrogens with zero attached hydrogens (tertiary/aromatic N) is 1. The summed E-state index contributed by atoms with van der Waals surface area (Å²) < 4.78 is 45.1. The summed E-state index contributed by atoms with van der Waals surface area (Å²) in [5.41, 5.74) is 7.09. The van der Waals surface area contributed by atoms with Gasteiger partial charge in [-0.25, -0.2) is 0 Å². The number of methoxy groups -OCH3 is 1. The first kappa shape index (κ1) is 14.0. The number of nitrogens with two attached hydrogens (primary N) is 1. The summed E-state index contributed by atoms with van der Waals surface area (Å²) in [5.74, 6) is 0.159. The number of hydrogen-bond acceptors (Lipinski definition) is 4. The maximum Gasteiger partial charge on any atom is 0.573 e. The van der Waals surface area contributed by atoms with Gasteiger partial charge >= 0.3 is 6.36 Å². The number of hydrogen-bond donors (Lipinski definition) is 1. The second-order valence-electron chi connectivity index (χ2n) is 3.91. The number of rotatable bonds is 3. The van der Waals surface area contributed by atoms with Crippen molar-refractivity contribution in [3.63, 3.8) is 0 Å². The molecule has 106 valence electrons. The van der Waals surface area contributed by atoms with Gasteiger partial charge in [-0.1, -0.05) is 0 Å². The summed E-state index contributed by atoms with van der Waals surface area (Å²) in [7, 11) is 1.49. The number of nitrogen functional groups attached to an aromatic ring is 1. The van der Waals surface area contributed by atoms with Gasteiger partial charge in [0, 0.05) is 29.1 Å². The average Bonchev–Trinajstić information content (AvgIpc) is 2.37. The lowest BCUT2D eigenvalue weighted by atomic mass is 10.1. The van der Waals surface area contributed by atoms with Crippen LogP contribution in [0.25, 0.3) is 11.1 Å². The van der Waals surface area contributed by atoms with E-state index >= 15 is 0 Å². The van der Waals surface area contributed by atoms with Crippen LogP contribution in [-0.2, 0) is 0 Å². The summed E-state index contributed by atoms with van der Waals surface area (Å²) in [6.45, 7) is 0. The number of aromatic nitrogens is 1. The first-order valence-corrected chi connectivity index (χ1v) is 5.54. The van der Waals surface area contributed by atoms with E-state index in [0.717, 1.165) is 6.07 Å². The van der Waals surface area contributed by atoms with Crippen molar-refractivity contribution in [1.82, 2.24) is 4.98 Å². The zero-order valence-corrected chi connectivity index (χ0v) is 10.4. The highest BCUT2D eigenvalue weighted by Crippen LogP contribution is 2.32. The second-order valence-corrected chi connectivity index (χ2v) is 3.91. The summed E-state index contributed by atoms with van der Waals surface area (Å²) >= 11 is 0. The van der Waals surface area contributed by atoms with E-state index in [4.69, 9.17) is 10.5 Å². The Morgan fingerprint density at radius 3 is 2.45 bits per heavy atom. The van der Waals surface area contributed by atoms with Crippen LogP contribution in [0.5, 0.6) is 11.5 Å². The van der Waals surface area contributed by atoms with Crippen LogP contribution in [0.4, 0.5) is 18.9 Å². The number of alkyl halides is 3. The fraction of sp³-hybridized carbons (Fsp3) is 0.154. The molecule has 1 aromatic heterocycles. The Morgan fingerprint density at radius 2 is 1.85 bits per heavy atom. The molecular formula is C13H11F3N2O2. The largest absolute Gasteiger partial charge is 0.573 e. The number of halogens is 3. The summed E-state index contributed by atoms with van der Waals surface area (Å²) in [6.07, 6.45) is -1.69. The second kappa shape index (κ2) is 5.28. The predicted molar refractivity (Wildman–Crippen MR) is 67.3 cm³/mol. The van der Waals surface area contributed by atoms with E-state index in [0.29, 0.717) is 16.9 Å². The Labute approximate surface area is 113 Å². The topological polar surface area (TPSA) is 57.4 Å². The number of ether oxygens (including phenoxy) is 2. The molecule has 0 bridgehead atoms. The molecule has 1 heterocycles. The first-order valence-electron chi connectivity index (χ1n) is 5.54. The van der Waals surface area contributed by atoms with Gasteiger partial charge in [0.05, 0.1) is 13.3 Å². The Hall–Kier alpha value is -2.44. The molecule has 1 aromatic carbocycles. The van der Waals surface area contributed by atoms with Gasteiger partial charge in [-0.05, 0) is 18.2 Å². The van der Waals surface area contributed by atoms with Crippen molar-refractivity contribution in [3.8, 4) is 22.6 Å². The zero-order chi connectivity index (χ0) is 14.8. The molecule has 2 rings (SSSR count). The van der Waals surface area contributed by atoms with E-state index in [1.54, 1.807) is 12.3 Å². The van der Waals surface area contributed by atoms with Crippen LogP contribution in [0.2, 0.25) is 0 Å². The van der Waals surface area contributed by atoms with E-state index in [2.05, 4.69) is 9.72 Å². The molecule has 0 atom stereocenters. The maximum absolute atomic E-state index is 12.1. The third kappa shape index (κ3) is 3.31. The van der Waals surface area contributed by atoms with Gasteiger partial charge in [-0.15, -0.1) is 13.2 Å². The van der Waals surface area contributed by atoms with Gasteiger partial charge in [0.2, 0.25) is 0 Å². The van der Waals surface area contributed by atoms with Gasteiger partial charge < -0.3 is 15.2 Å². The average molecular weight is 284 g/mol. The van der Waals surface area contributed by atoms with Gasteiger partial charge in [0.15, 0.2) is 0 Å². The fourth-order valence-corrected chi connectivity index (χ4v) is 1.68. The number of benzene rings is 1. The molecule has 0 saturated carbocycles. The maximum atomic E-state index is 12.1. The Kier molecular flexibility index (Phi) is 3.69. The number of pyridine rings is 1. The van der Waals surface area contributed by atoms with Crippen molar-refractivity contribution in [2.24, 2.45) is 0 Å². The minimum Gasteiger partial charge on any atom is -0.495 e. The molecule has 0 spiro atoms. The lowest BCUT2D eigenvalue weighted by Gasteiger charge is -2.12. The summed E-state index contributed by atoms with van der Waals surface area (Å²) in [6, 6.07) is 5.43. The smallest absolute Gasteiger partial charge is 0.495 e. The van der Waals surface area contributed by atoms with Crippen LogP contribution < -0.4 is 15.2 Å². The quantitative estimate of drug-likeness (QED) is 0.879. The van der Waals surface area contributed by atoms with Crippen molar-refractivity contribution in [2.75, 3.05) is 12.8 Å². The van der Waals surface area contributed by atoms with Gasteiger partial charge in [0.1, 0.15) is 11.5 Å². The molecule has 0 fully saturated rings. The Bertz CT molecular complexity index is 615. The van der Waals surface area contributed by atoms with Crippen LogP contribution >= 0.6 is 0 Å². The lowest BCUT2D eigenvalue weighted by molar-refractivity contribution is -0.274. The predicted octanol–water partition coefficient (Wildman–Crippen LogP) is 3.24. The highest BCUT2D eigenvalue weighted by molar-refractivity contribution is 5.77. The summed E-state index contributed by atoms with van der Waals surface area (Å²) in [4.78, 5) is 3.96. The van der Waals surface area contributed by atoms with E-state index in [9.17, 15) is 13.2 Å². The normalized spacial score (nSPS) is 11.2. The van der Waals surface area contributed by atoms with Crippen LogP contribution in [0.3, 0.4) is 0 Å². The molecule has 2 aromatic rings. The third-order valence-electron chi connectivity index (χ3n) is 2.52. The Morgan fingerprint density at radius 1 is 1.10 bits per heavy atom. The molecule has 0 aliphatic carbocycles. The molecule has 0 aliphatic rings. The molecule has 4 nitrogen and oxygen atoms in total. The molecule has 0 saturated heterocycles. The van der Waals surface area contributed by atoms with Gasteiger partial charge in [-0.2, -0.15) is 0 Å². The number of anilines is 1. The van der Waals surface area contributed by atoms with Crippen molar-refractivity contribution in [1.29, 1.82) is 0 Å². The van der Waals surface area contributed by atoms with E-state index in [1.165, 1.54) is 25.4 Å². The van der Waals surface area contributed by atoms with Crippen molar-refractivity contribution in [3.05, 3.63) is 36.7 Å². The van der Waals surface area contributed by atoms with Crippen molar-refractivity contribution < 1.29 is 22.6 Å². The third-order valence-corrected chi connectivity index (χ3v) is 2.52. The molecule has 2 N–H and O–H groups in total. The standard InChI is InChI=1S/C13H11F3N2O2/c1-19-10-4-8(6-18-7-10)11-3-2-9(5-12(11)17)20-13(14,15)16/h2-7H,17H2,1H3. The zero-order valence-electron chi connectivity index (χ0n) is 10.4. The molecular weight excluding hydrogens is 273 g/mol. The van der Waals surface area contributed by atoms with Gasteiger partial charge in [-0.3, -0.25) is 4.98 Å². The highest BCUT2D eigenvalue weighted by Gasteiger charge is 2.31. The van der Waals surface area contributed by atoms with Crippen LogP contribution in [-0.4, -0.2) is 18.5 Å². The molecule has 0 radical (unpaired) electrons. The van der Waals surface area contributed by atoms with Crippen molar-refractivity contribution >= 4 is 5.69 Å². The lowest BCUT2D eigenvalue weighted by Crippen LogP contribution is -2.17. The fourth-order valence-electron chi connectivity index (χ4n) is 1.68. The molecule has 20 heavy (non-hydrogen) atoms. The van der Waals surface area contributed by atoms with E-state index in [-0.39, 0.29) is 11.4 Å². The van der Waals surface area contributed by atoms with Crippen LogP contribution in [0.15, 0.2) is 36.7 Å². The van der Waals surface area contributed by atoms with E-state index in [1.807, 2.05) is 0 Å². The SMILES string of the molecule is COc1cncc(-c2ccc(OC(F)(F)F)cc2N)c1. The minimum absolute atomic E-state index is 0.154. The molecule has 0 amide bonds. The summed E-state index contributed by atoms with van der Waals surface area (Å²) in [5, 5.41) is 0. The Balaban J connectivity index is 2.34. The highest BCUT2D eigenvalue weighted by atomic mass is 19.4. The monoisotopic (exact) mass is 284 g/mol. The van der Waals surface area contributed by atoms with Crippen LogP contribution in [0, 0.1) is 0 Å². The van der Waals surface area contributed by atoms with Crippen molar-refractivity contribution in [2.45, 2.75) is 6.36 Å². The molecule has 7 heteroatoms. The van der Waals surface area contributed by atoms with E-state index < -0.39 is 6.36 Å². The van der Waals surface area contributed by atoms with Crippen LogP contribution in [0.1, 0.15) is 0 Å².